The van der Waals surface area contributed by atoms with Gasteiger partial charge in [-0.2, -0.15) is 11.3 Å². The Morgan fingerprint density at radius 3 is 2.90 bits per heavy atom. The monoisotopic (exact) mass is 284 g/mol. The molecule has 20 heavy (non-hydrogen) atoms. The minimum atomic E-state index is 0.952. The Labute approximate surface area is 124 Å². The molecule has 2 nitrogen and oxygen atoms in total. The summed E-state index contributed by atoms with van der Waals surface area (Å²) in [5, 5.41) is 9.15. The number of aromatic nitrogens is 1. The van der Waals surface area contributed by atoms with E-state index in [1.165, 1.54) is 28.5 Å². The predicted molar refractivity (Wildman–Crippen MR) is 87.4 cm³/mol. The number of rotatable bonds is 6. The highest BCUT2D eigenvalue weighted by molar-refractivity contribution is 7.07. The van der Waals surface area contributed by atoms with Crippen molar-refractivity contribution in [1.29, 1.82) is 0 Å². The molecule has 0 saturated heterocycles. The standard InChI is InChI=1S/C17H20N2S/c1-2-7-18-11-14-3-4-16-5-8-19(17(16)10-14)12-15-6-9-20-13-15/h3-6,8-10,13,18H,2,7,11-12H2,1H3. The highest BCUT2D eigenvalue weighted by Gasteiger charge is 2.03. The molecule has 3 heteroatoms. The molecule has 3 aromatic rings. The van der Waals surface area contributed by atoms with Crippen LogP contribution in [0.5, 0.6) is 0 Å². The molecule has 2 aromatic heterocycles. The lowest BCUT2D eigenvalue weighted by Gasteiger charge is -2.07. The van der Waals surface area contributed by atoms with Gasteiger partial charge in [0.25, 0.3) is 0 Å². The second-order valence-corrected chi connectivity index (χ2v) is 5.93. The molecule has 0 spiro atoms. The third-order valence-corrected chi connectivity index (χ3v) is 4.26. The van der Waals surface area contributed by atoms with Gasteiger partial charge in [-0.3, -0.25) is 0 Å². The van der Waals surface area contributed by atoms with Gasteiger partial charge in [0.05, 0.1) is 0 Å². The van der Waals surface area contributed by atoms with Crippen LogP contribution in [-0.4, -0.2) is 11.1 Å². The highest BCUT2D eigenvalue weighted by atomic mass is 32.1. The van der Waals surface area contributed by atoms with E-state index in [9.17, 15) is 0 Å². The molecular weight excluding hydrogens is 264 g/mol. The fraction of sp³-hybridized carbons (Fsp3) is 0.294. The molecule has 0 radical (unpaired) electrons. The van der Waals surface area contributed by atoms with Crippen LogP contribution in [0.25, 0.3) is 10.9 Å². The zero-order valence-electron chi connectivity index (χ0n) is 11.8. The van der Waals surface area contributed by atoms with Crippen molar-refractivity contribution in [3.8, 4) is 0 Å². The average molecular weight is 284 g/mol. The van der Waals surface area contributed by atoms with E-state index in [0.29, 0.717) is 0 Å². The summed E-state index contributed by atoms with van der Waals surface area (Å²) >= 11 is 1.76. The maximum Gasteiger partial charge on any atom is 0.0486 e. The molecule has 104 valence electrons. The van der Waals surface area contributed by atoms with Crippen molar-refractivity contribution >= 4 is 22.2 Å². The molecule has 0 fully saturated rings. The lowest BCUT2D eigenvalue weighted by molar-refractivity contribution is 0.675. The normalized spacial score (nSPS) is 11.2. The summed E-state index contributed by atoms with van der Waals surface area (Å²) in [7, 11) is 0. The molecule has 0 bridgehead atoms. The van der Waals surface area contributed by atoms with Crippen LogP contribution >= 0.6 is 11.3 Å². The molecule has 0 unspecified atom stereocenters. The van der Waals surface area contributed by atoms with E-state index in [1.807, 2.05) is 0 Å². The van der Waals surface area contributed by atoms with Crippen LogP contribution in [0, 0.1) is 0 Å². The number of nitrogens with zero attached hydrogens (tertiary/aromatic N) is 1. The van der Waals surface area contributed by atoms with Crippen LogP contribution in [0.3, 0.4) is 0 Å². The predicted octanol–water partition coefficient (Wildman–Crippen LogP) is 4.25. The summed E-state index contributed by atoms with van der Waals surface area (Å²) in [5.41, 5.74) is 4.06. The van der Waals surface area contributed by atoms with Crippen LogP contribution in [0.15, 0.2) is 47.3 Å². The largest absolute Gasteiger partial charge is 0.343 e. The Bertz CT molecular complexity index is 667. The van der Waals surface area contributed by atoms with Crippen LogP contribution < -0.4 is 5.32 Å². The number of benzene rings is 1. The molecular formula is C17H20N2S. The van der Waals surface area contributed by atoms with E-state index < -0.39 is 0 Å². The van der Waals surface area contributed by atoms with Gasteiger partial charge in [0, 0.05) is 24.8 Å². The van der Waals surface area contributed by atoms with Gasteiger partial charge in [-0.05, 0) is 58.4 Å². The second kappa shape index (κ2) is 6.25. The van der Waals surface area contributed by atoms with Crippen molar-refractivity contribution in [2.24, 2.45) is 0 Å². The van der Waals surface area contributed by atoms with Gasteiger partial charge < -0.3 is 9.88 Å². The number of nitrogens with one attached hydrogen (secondary N) is 1. The molecule has 0 aliphatic heterocycles. The van der Waals surface area contributed by atoms with Crippen molar-refractivity contribution in [1.82, 2.24) is 9.88 Å². The first-order valence-electron chi connectivity index (χ1n) is 7.16. The maximum absolute atomic E-state index is 3.47. The lowest BCUT2D eigenvalue weighted by atomic mass is 10.1. The second-order valence-electron chi connectivity index (χ2n) is 5.15. The summed E-state index contributed by atoms with van der Waals surface area (Å²) in [5.74, 6) is 0. The topological polar surface area (TPSA) is 17.0 Å². The quantitative estimate of drug-likeness (QED) is 0.670. The Balaban J connectivity index is 1.83. The Hall–Kier alpha value is -1.58. The minimum Gasteiger partial charge on any atom is -0.343 e. The summed E-state index contributed by atoms with van der Waals surface area (Å²) in [6.07, 6.45) is 3.36. The molecule has 0 saturated carbocycles. The third-order valence-electron chi connectivity index (χ3n) is 3.53. The van der Waals surface area contributed by atoms with Gasteiger partial charge in [0.1, 0.15) is 0 Å². The Morgan fingerprint density at radius 1 is 1.15 bits per heavy atom. The van der Waals surface area contributed by atoms with Gasteiger partial charge >= 0.3 is 0 Å². The molecule has 0 aliphatic rings. The number of thiophene rings is 1. The van der Waals surface area contributed by atoms with Gasteiger partial charge in [-0.25, -0.2) is 0 Å². The van der Waals surface area contributed by atoms with E-state index in [2.05, 4.69) is 64.1 Å². The minimum absolute atomic E-state index is 0.952. The van der Waals surface area contributed by atoms with E-state index >= 15 is 0 Å². The van der Waals surface area contributed by atoms with Gasteiger partial charge in [-0.15, -0.1) is 0 Å². The number of hydrogen-bond acceptors (Lipinski definition) is 2. The molecule has 1 N–H and O–H groups in total. The van der Waals surface area contributed by atoms with Crippen molar-refractivity contribution in [3.63, 3.8) is 0 Å². The molecule has 0 aliphatic carbocycles. The lowest BCUT2D eigenvalue weighted by Crippen LogP contribution is -2.13. The van der Waals surface area contributed by atoms with Crippen LogP contribution in [0.4, 0.5) is 0 Å². The summed E-state index contributed by atoms with van der Waals surface area (Å²) < 4.78 is 2.33. The van der Waals surface area contributed by atoms with Crippen molar-refractivity contribution in [2.75, 3.05) is 6.54 Å². The van der Waals surface area contributed by atoms with Gasteiger partial charge in [0.15, 0.2) is 0 Å². The summed E-state index contributed by atoms with van der Waals surface area (Å²) in [6.45, 7) is 5.18. The van der Waals surface area contributed by atoms with Crippen LogP contribution in [0.1, 0.15) is 24.5 Å². The SMILES string of the molecule is CCCNCc1ccc2ccn(Cc3ccsc3)c2c1. The van der Waals surface area contributed by atoms with Crippen LogP contribution in [-0.2, 0) is 13.1 Å². The summed E-state index contributed by atoms with van der Waals surface area (Å²) in [6, 6.07) is 11.2. The fourth-order valence-electron chi connectivity index (χ4n) is 2.47. The van der Waals surface area contributed by atoms with E-state index in [-0.39, 0.29) is 0 Å². The Morgan fingerprint density at radius 2 is 2.10 bits per heavy atom. The van der Waals surface area contributed by atoms with E-state index in [4.69, 9.17) is 0 Å². The summed E-state index contributed by atoms with van der Waals surface area (Å²) in [4.78, 5) is 0. The zero-order chi connectivity index (χ0) is 13.8. The Kier molecular flexibility index (Phi) is 4.19. The first-order valence-corrected chi connectivity index (χ1v) is 8.10. The zero-order valence-corrected chi connectivity index (χ0v) is 12.6. The first-order chi connectivity index (χ1) is 9.86. The van der Waals surface area contributed by atoms with Crippen molar-refractivity contribution in [3.05, 3.63) is 58.4 Å². The van der Waals surface area contributed by atoms with E-state index in [1.54, 1.807) is 11.3 Å². The molecule has 3 rings (SSSR count). The van der Waals surface area contributed by atoms with Gasteiger partial charge in [-0.1, -0.05) is 19.1 Å². The molecule has 0 amide bonds. The van der Waals surface area contributed by atoms with Gasteiger partial charge in [0.2, 0.25) is 0 Å². The smallest absolute Gasteiger partial charge is 0.0486 e. The van der Waals surface area contributed by atoms with Crippen molar-refractivity contribution < 1.29 is 0 Å². The number of hydrogen-bond donors (Lipinski definition) is 1. The van der Waals surface area contributed by atoms with Crippen LogP contribution in [0.2, 0.25) is 0 Å². The van der Waals surface area contributed by atoms with Crippen molar-refractivity contribution in [2.45, 2.75) is 26.4 Å². The highest BCUT2D eigenvalue weighted by Crippen LogP contribution is 2.20. The molecule has 2 heterocycles. The first kappa shape index (κ1) is 13.4. The fourth-order valence-corrected chi connectivity index (χ4v) is 3.13. The average Bonchev–Trinajstić information content (AvgIpc) is 3.10. The number of fused-ring (bicyclic) bond motifs is 1. The maximum atomic E-state index is 3.47. The molecule has 0 atom stereocenters. The third kappa shape index (κ3) is 2.94. The van der Waals surface area contributed by atoms with E-state index in [0.717, 1.165) is 19.6 Å². The molecule has 1 aromatic carbocycles.